The van der Waals surface area contributed by atoms with Gasteiger partial charge in [-0.15, -0.1) is 0 Å². The summed E-state index contributed by atoms with van der Waals surface area (Å²) in [5, 5.41) is 10.7. The molecule has 38 heavy (non-hydrogen) atoms. The summed E-state index contributed by atoms with van der Waals surface area (Å²) in [4.78, 5) is 50.8. The van der Waals surface area contributed by atoms with E-state index in [0.717, 1.165) is 23.1 Å². The summed E-state index contributed by atoms with van der Waals surface area (Å²) >= 11 is 0. The predicted molar refractivity (Wildman–Crippen MR) is 133 cm³/mol. The van der Waals surface area contributed by atoms with Crippen LogP contribution in [0.5, 0.6) is 0 Å². The molecular formula is C27H26F2N4O5. The fourth-order valence-corrected chi connectivity index (χ4v) is 4.87. The summed E-state index contributed by atoms with van der Waals surface area (Å²) in [6, 6.07) is 5.05. The van der Waals surface area contributed by atoms with Gasteiger partial charge < -0.3 is 24.6 Å². The molecular weight excluding hydrogens is 498 g/mol. The van der Waals surface area contributed by atoms with Crippen molar-refractivity contribution in [3.63, 3.8) is 0 Å². The summed E-state index contributed by atoms with van der Waals surface area (Å²) in [5.74, 6) is -4.33. The van der Waals surface area contributed by atoms with Crippen molar-refractivity contribution in [1.82, 2.24) is 19.8 Å². The van der Waals surface area contributed by atoms with Crippen LogP contribution in [-0.4, -0.2) is 74.0 Å². The third-order valence-electron chi connectivity index (χ3n) is 6.67. The molecule has 2 aliphatic heterocycles. The van der Waals surface area contributed by atoms with Gasteiger partial charge in [0.2, 0.25) is 5.91 Å². The first-order valence-corrected chi connectivity index (χ1v) is 12.3. The fraction of sp³-hybridized carbons (Fsp3) is 0.333. The van der Waals surface area contributed by atoms with Crippen LogP contribution in [0, 0.1) is 11.6 Å². The average Bonchev–Trinajstić information content (AvgIpc) is 3.43. The number of H-pyrrole nitrogens is 1. The maximum Gasteiger partial charge on any atom is 0.342 e. The zero-order valence-corrected chi connectivity index (χ0v) is 20.8. The van der Waals surface area contributed by atoms with Crippen LogP contribution in [0.15, 0.2) is 42.7 Å². The first-order valence-electron chi connectivity index (χ1n) is 12.3. The summed E-state index contributed by atoms with van der Waals surface area (Å²) < 4.78 is 33.1. The van der Waals surface area contributed by atoms with Crippen LogP contribution in [0.25, 0.3) is 16.6 Å². The van der Waals surface area contributed by atoms with Crippen LogP contribution in [0.1, 0.15) is 41.9 Å². The van der Waals surface area contributed by atoms with Gasteiger partial charge in [-0.2, -0.15) is 0 Å². The number of nitrogens with one attached hydrogen (secondary N) is 1. The van der Waals surface area contributed by atoms with E-state index in [0.29, 0.717) is 28.7 Å². The molecule has 5 rings (SSSR count). The maximum absolute atomic E-state index is 14.1. The Morgan fingerprint density at radius 2 is 1.97 bits per heavy atom. The van der Waals surface area contributed by atoms with Crippen molar-refractivity contribution in [3.8, 4) is 0 Å². The highest BCUT2D eigenvalue weighted by Gasteiger charge is 2.40. The molecule has 1 saturated heterocycles. The second-order valence-electron chi connectivity index (χ2n) is 9.66. The highest BCUT2D eigenvalue weighted by Crippen LogP contribution is 2.34. The topological polar surface area (TPSA) is 116 Å². The van der Waals surface area contributed by atoms with E-state index in [4.69, 9.17) is 4.74 Å². The molecule has 2 unspecified atom stereocenters. The molecule has 1 fully saturated rings. The molecule has 2 aromatic heterocycles. The van der Waals surface area contributed by atoms with E-state index in [1.165, 1.54) is 11.1 Å². The Hall–Kier alpha value is -4.12. The third kappa shape index (κ3) is 4.65. The minimum absolute atomic E-state index is 0.00314. The predicted octanol–water partition coefficient (Wildman–Crippen LogP) is 2.79. The Labute approximate surface area is 216 Å². The molecule has 198 valence electrons. The number of ether oxygens (including phenoxy) is 1. The molecule has 0 bridgehead atoms. The van der Waals surface area contributed by atoms with E-state index in [1.807, 2.05) is 0 Å². The number of hydrogen-bond donors (Lipinski definition) is 2. The molecule has 0 spiro atoms. The fourth-order valence-electron chi connectivity index (χ4n) is 4.87. The highest BCUT2D eigenvalue weighted by molar-refractivity contribution is 6.18. The Balaban J connectivity index is 1.69. The third-order valence-corrected chi connectivity index (χ3v) is 6.67. The highest BCUT2D eigenvalue weighted by atomic mass is 19.2. The first kappa shape index (κ1) is 25.5. The molecule has 3 aromatic rings. The van der Waals surface area contributed by atoms with Gasteiger partial charge >= 0.3 is 5.97 Å². The molecule has 0 radical (unpaired) electrons. The van der Waals surface area contributed by atoms with Crippen molar-refractivity contribution in [2.24, 2.45) is 0 Å². The van der Waals surface area contributed by atoms with Crippen molar-refractivity contribution in [2.45, 2.75) is 44.9 Å². The van der Waals surface area contributed by atoms with Gasteiger partial charge in [0.05, 0.1) is 23.5 Å². The second kappa shape index (κ2) is 9.97. The molecule has 4 heterocycles. The van der Waals surface area contributed by atoms with E-state index in [2.05, 4.69) is 9.97 Å². The summed E-state index contributed by atoms with van der Waals surface area (Å²) in [7, 11) is 0. The number of aromatic amines is 1. The zero-order chi connectivity index (χ0) is 27.1. The van der Waals surface area contributed by atoms with Crippen LogP contribution >= 0.6 is 0 Å². The van der Waals surface area contributed by atoms with E-state index in [9.17, 15) is 28.3 Å². The van der Waals surface area contributed by atoms with E-state index < -0.39 is 47.7 Å². The Kier molecular flexibility index (Phi) is 6.70. The summed E-state index contributed by atoms with van der Waals surface area (Å²) in [5.41, 5.74) is 1.21. The number of likely N-dealkylation sites (tertiary alicyclic amines) is 1. The van der Waals surface area contributed by atoms with Crippen LogP contribution < -0.4 is 0 Å². The number of carbonyl (C=O) groups is 3. The van der Waals surface area contributed by atoms with Gasteiger partial charge in [0.15, 0.2) is 11.6 Å². The smallest absolute Gasteiger partial charge is 0.342 e. The lowest BCUT2D eigenvalue weighted by Crippen LogP contribution is -2.49. The Morgan fingerprint density at radius 3 is 2.66 bits per heavy atom. The molecule has 2 amide bonds. The Bertz CT molecular complexity index is 1470. The maximum atomic E-state index is 14.1. The van der Waals surface area contributed by atoms with Crippen LogP contribution in [0.3, 0.4) is 0 Å². The van der Waals surface area contributed by atoms with Gasteiger partial charge in [0, 0.05) is 42.9 Å². The van der Waals surface area contributed by atoms with Crippen molar-refractivity contribution in [3.05, 3.63) is 71.2 Å². The number of rotatable bonds is 4. The number of esters is 1. The number of carbonyl (C=O) groups excluding carboxylic acids is 3. The first-order chi connectivity index (χ1) is 18.1. The van der Waals surface area contributed by atoms with Crippen molar-refractivity contribution in [1.29, 1.82) is 0 Å². The number of amides is 2. The Morgan fingerprint density at radius 1 is 1.18 bits per heavy atom. The van der Waals surface area contributed by atoms with Crippen molar-refractivity contribution >= 4 is 34.4 Å². The molecule has 1 aromatic carbocycles. The molecule has 0 saturated carbocycles. The average molecular weight is 525 g/mol. The van der Waals surface area contributed by atoms with Crippen LogP contribution in [-0.2, 0) is 20.7 Å². The number of aliphatic hydroxyl groups excluding tert-OH is 1. The number of pyridine rings is 1. The zero-order valence-electron chi connectivity index (χ0n) is 20.8. The lowest BCUT2D eigenvalue weighted by molar-refractivity contribution is -0.140. The minimum Gasteiger partial charge on any atom is -0.459 e. The molecule has 11 heteroatoms. The summed E-state index contributed by atoms with van der Waals surface area (Å²) in [6.45, 7) is 3.74. The number of fused-ring (bicyclic) bond motifs is 3. The summed E-state index contributed by atoms with van der Waals surface area (Å²) in [6.07, 6.45) is 2.03. The second-order valence-corrected chi connectivity index (χ2v) is 9.66. The number of nitrogens with zero attached hydrogens (tertiary/aromatic N) is 3. The largest absolute Gasteiger partial charge is 0.459 e. The number of hydrogen-bond acceptors (Lipinski definition) is 6. The molecule has 9 nitrogen and oxygen atoms in total. The van der Waals surface area contributed by atoms with Gasteiger partial charge in [-0.25, -0.2) is 18.6 Å². The van der Waals surface area contributed by atoms with Crippen LogP contribution in [0.2, 0.25) is 0 Å². The van der Waals surface area contributed by atoms with Gasteiger partial charge in [-0.3, -0.25) is 9.59 Å². The van der Waals surface area contributed by atoms with Crippen molar-refractivity contribution in [2.75, 3.05) is 13.1 Å². The van der Waals surface area contributed by atoms with E-state index >= 15 is 0 Å². The minimum atomic E-state index is -1.22. The number of β-amino-alcohol motifs (C(OH)–C–C–N with tert-alkyl or cyclic N) is 1. The van der Waals surface area contributed by atoms with E-state index in [-0.39, 0.29) is 30.6 Å². The molecule has 2 N–H and O–H groups in total. The van der Waals surface area contributed by atoms with Gasteiger partial charge in [0.25, 0.3) is 5.91 Å². The number of aliphatic hydroxyl groups is 1. The lowest BCUT2D eigenvalue weighted by atomic mass is 10.00. The quantitative estimate of drug-likeness (QED) is 0.507. The van der Waals surface area contributed by atoms with Crippen LogP contribution in [0.4, 0.5) is 8.78 Å². The number of benzene rings is 1. The lowest BCUT2D eigenvalue weighted by Gasteiger charge is -2.30. The number of aromatic nitrogens is 2. The normalized spacial score (nSPS) is 19.4. The monoisotopic (exact) mass is 524 g/mol. The SMILES string of the molecule is CC(C)OC(=O)C1=CN(C(=O)c2ccc(F)c(F)c2)C(C(=O)N2CCC(O)C2)Cc2c1[nH]c1ncccc21. The van der Waals surface area contributed by atoms with Gasteiger partial charge in [-0.05, 0) is 56.2 Å². The van der Waals surface area contributed by atoms with Gasteiger partial charge in [0.1, 0.15) is 11.7 Å². The number of halogens is 2. The molecule has 2 aliphatic rings. The molecule has 2 atom stereocenters. The van der Waals surface area contributed by atoms with E-state index in [1.54, 1.807) is 32.2 Å². The molecule has 0 aliphatic carbocycles. The van der Waals surface area contributed by atoms with Crippen molar-refractivity contribution < 1.29 is 33.0 Å². The standard InChI is InChI=1S/C27H26F2N4O5/c1-14(2)38-27(37)19-13-33(25(35)15-5-6-20(28)21(29)10-15)22(26(36)32-9-7-16(34)12-32)11-18-17-4-3-8-30-24(17)31-23(18)19/h3-6,8,10,13-14,16,22,34H,7,9,11-12H2,1-2H3,(H,30,31). The van der Waals surface area contributed by atoms with Gasteiger partial charge in [-0.1, -0.05) is 0 Å².